The highest BCUT2D eigenvalue weighted by Crippen LogP contribution is 2.51. The highest BCUT2D eigenvalue weighted by atomic mass is 16.6. The van der Waals surface area contributed by atoms with Gasteiger partial charge in [0.15, 0.2) is 6.17 Å². The van der Waals surface area contributed by atoms with Gasteiger partial charge in [-0.2, -0.15) is 5.01 Å². The number of aliphatic hydroxyl groups is 1. The van der Waals surface area contributed by atoms with Crippen molar-refractivity contribution in [2.45, 2.75) is 77.0 Å². The predicted molar refractivity (Wildman–Crippen MR) is 118 cm³/mol. The van der Waals surface area contributed by atoms with E-state index in [4.69, 9.17) is 14.2 Å². The smallest absolute Gasteiger partial charge is 0.426 e. The maximum absolute atomic E-state index is 12.6. The number of methoxy groups -OCH3 is 1. The molecule has 0 radical (unpaired) electrons. The van der Waals surface area contributed by atoms with Crippen LogP contribution in [0.15, 0.2) is 24.3 Å². The maximum atomic E-state index is 12.6. The fourth-order valence-corrected chi connectivity index (χ4v) is 4.07. The number of amides is 2. The third-order valence-electron chi connectivity index (χ3n) is 5.11. The van der Waals surface area contributed by atoms with Crippen LogP contribution >= 0.6 is 0 Å². The Balaban J connectivity index is 2.02. The number of hydrogen-bond acceptors (Lipinski definition) is 9. The van der Waals surface area contributed by atoms with Crippen LogP contribution in [0.3, 0.4) is 0 Å². The van der Waals surface area contributed by atoms with Crippen molar-refractivity contribution in [1.82, 2.24) is 15.9 Å². The lowest BCUT2D eigenvalue weighted by molar-refractivity contribution is -0.147. The summed E-state index contributed by atoms with van der Waals surface area (Å²) in [6.07, 6.45) is -2.77. The second-order valence-electron chi connectivity index (χ2n) is 10.1. The summed E-state index contributed by atoms with van der Waals surface area (Å²) in [5.41, 5.74) is 2.99. The normalized spacial score (nSPS) is 24.5. The van der Waals surface area contributed by atoms with Crippen molar-refractivity contribution < 1.29 is 33.7 Å². The molecule has 2 aliphatic heterocycles. The zero-order chi connectivity index (χ0) is 24.8. The quantitative estimate of drug-likeness (QED) is 0.455. The van der Waals surface area contributed by atoms with E-state index in [-0.39, 0.29) is 6.42 Å². The van der Waals surface area contributed by atoms with Gasteiger partial charge in [0.1, 0.15) is 22.8 Å². The molecule has 11 heteroatoms. The number of rotatable bonds is 3. The number of anilines is 1. The Morgan fingerprint density at radius 2 is 1.55 bits per heavy atom. The van der Waals surface area contributed by atoms with Crippen molar-refractivity contribution >= 4 is 23.8 Å². The fraction of sp³-hybridized carbons (Fsp3) is 0.591. The molecule has 0 saturated carbocycles. The van der Waals surface area contributed by atoms with E-state index in [0.29, 0.717) is 11.3 Å². The summed E-state index contributed by atoms with van der Waals surface area (Å²) in [4.78, 5) is 37.8. The second kappa shape index (κ2) is 8.38. The summed E-state index contributed by atoms with van der Waals surface area (Å²) in [5, 5.41) is 14.4. The Morgan fingerprint density at radius 1 is 1.00 bits per heavy atom. The number of esters is 1. The largest absolute Gasteiger partial charge is 0.468 e. The van der Waals surface area contributed by atoms with Gasteiger partial charge in [0.05, 0.1) is 12.8 Å². The summed E-state index contributed by atoms with van der Waals surface area (Å²) < 4.78 is 15.6. The number of carbonyl (C=O) groups is 3. The van der Waals surface area contributed by atoms with Crippen LogP contribution in [0.25, 0.3) is 0 Å². The Labute approximate surface area is 192 Å². The number of nitrogens with zero attached hydrogens (tertiary/aromatic N) is 2. The molecule has 1 saturated heterocycles. The van der Waals surface area contributed by atoms with Gasteiger partial charge in [-0.1, -0.05) is 18.2 Å². The first-order valence-corrected chi connectivity index (χ1v) is 10.6. The second-order valence-corrected chi connectivity index (χ2v) is 10.1. The minimum absolute atomic E-state index is 0.0936. The lowest BCUT2D eigenvalue weighted by atomic mass is 9.91. The topological polar surface area (TPSA) is 130 Å². The van der Waals surface area contributed by atoms with Crippen LogP contribution in [0.1, 0.15) is 53.5 Å². The molecule has 3 atom stereocenters. The number of carbonyl (C=O) groups excluding carboxylic acids is 3. The Bertz CT molecular complexity index is 939. The summed E-state index contributed by atoms with van der Waals surface area (Å²) in [7, 11) is 1.22. The molecule has 0 aliphatic carbocycles. The molecule has 2 heterocycles. The van der Waals surface area contributed by atoms with Crippen molar-refractivity contribution in [1.29, 1.82) is 0 Å². The molecule has 2 amide bonds. The van der Waals surface area contributed by atoms with E-state index in [1.807, 2.05) is 0 Å². The van der Waals surface area contributed by atoms with E-state index in [2.05, 4.69) is 10.9 Å². The van der Waals surface area contributed by atoms with Crippen LogP contribution in [0.5, 0.6) is 0 Å². The summed E-state index contributed by atoms with van der Waals surface area (Å²) in [6, 6.07) is 5.85. The van der Waals surface area contributed by atoms with Gasteiger partial charge in [0.2, 0.25) is 0 Å². The number of nitrogens with one attached hydrogen (secondary N) is 2. The first-order valence-electron chi connectivity index (χ1n) is 10.6. The zero-order valence-corrected chi connectivity index (χ0v) is 20.0. The highest BCUT2D eigenvalue weighted by Gasteiger charge is 2.63. The van der Waals surface area contributed by atoms with Crippen LogP contribution in [0, 0.1) is 0 Å². The summed E-state index contributed by atoms with van der Waals surface area (Å²) in [6.45, 7) is 10.3. The zero-order valence-electron chi connectivity index (χ0n) is 20.0. The van der Waals surface area contributed by atoms with E-state index in [9.17, 15) is 19.5 Å². The molecule has 182 valence electrons. The van der Waals surface area contributed by atoms with Gasteiger partial charge in [-0.3, -0.25) is 15.2 Å². The van der Waals surface area contributed by atoms with Gasteiger partial charge in [-0.25, -0.2) is 15.0 Å². The maximum Gasteiger partial charge on any atom is 0.426 e. The minimum atomic E-state index is -1.63. The first-order chi connectivity index (χ1) is 15.2. The van der Waals surface area contributed by atoms with Gasteiger partial charge >= 0.3 is 18.2 Å². The van der Waals surface area contributed by atoms with E-state index in [1.165, 1.54) is 17.1 Å². The molecule has 33 heavy (non-hydrogen) atoms. The Morgan fingerprint density at radius 3 is 2.09 bits per heavy atom. The molecule has 0 spiro atoms. The van der Waals surface area contributed by atoms with Crippen LogP contribution in [-0.2, 0) is 24.6 Å². The SMILES string of the molecule is COC(=O)[C@@H]1C[C@@]2(O)c3ccccc3N(NC(=O)OC(C)(C)C)[C@H]2N1NC(=O)OC(C)(C)C. The van der Waals surface area contributed by atoms with Gasteiger partial charge in [-0.15, -0.1) is 0 Å². The molecular weight excluding hydrogens is 432 g/mol. The highest BCUT2D eigenvalue weighted by molar-refractivity contribution is 5.80. The van der Waals surface area contributed by atoms with Gasteiger partial charge in [-0.05, 0) is 47.6 Å². The summed E-state index contributed by atoms with van der Waals surface area (Å²) in [5.74, 6) is -0.663. The van der Waals surface area contributed by atoms with E-state index >= 15 is 0 Å². The average molecular weight is 465 g/mol. The summed E-state index contributed by atoms with van der Waals surface area (Å²) >= 11 is 0. The standard InChI is InChI=1S/C22H32N4O7/c1-20(2,3)32-18(28)23-25-14-11-9-8-10-13(14)22(30)12-15(16(27)31-7)26(17(22)25)24-19(29)33-21(4,5)6/h8-11,15,17,30H,12H2,1-7H3,(H,23,28)(H,24,29)/t15-,17-,22+/m0/s1. The fourth-order valence-electron chi connectivity index (χ4n) is 4.07. The van der Waals surface area contributed by atoms with Crippen LogP contribution in [-0.4, -0.2) is 58.8 Å². The van der Waals surface area contributed by atoms with E-state index < -0.39 is 47.2 Å². The average Bonchev–Trinajstić information content (AvgIpc) is 3.07. The number of para-hydroxylation sites is 1. The van der Waals surface area contributed by atoms with Gasteiger partial charge in [0.25, 0.3) is 0 Å². The molecule has 3 rings (SSSR count). The van der Waals surface area contributed by atoms with Crippen molar-refractivity contribution in [3.8, 4) is 0 Å². The number of benzene rings is 1. The molecule has 0 aromatic heterocycles. The molecule has 1 aromatic rings. The number of ether oxygens (including phenoxy) is 3. The molecule has 1 aromatic carbocycles. The first kappa shape index (κ1) is 24.6. The monoisotopic (exact) mass is 464 g/mol. The number of fused-ring (bicyclic) bond motifs is 3. The number of hydrazine groups is 2. The third-order valence-corrected chi connectivity index (χ3v) is 5.11. The third kappa shape index (κ3) is 4.98. The van der Waals surface area contributed by atoms with Crippen LogP contribution < -0.4 is 15.9 Å². The van der Waals surface area contributed by atoms with Gasteiger partial charge < -0.3 is 19.3 Å². The van der Waals surface area contributed by atoms with Crippen molar-refractivity contribution in [3.05, 3.63) is 29.8 Å². The van der Waals surface area contributed by atoms with E-state index in [1.54, 1.807) is 65.8 Å². The van der Waals surface area contributed by atoms with Gasteiger partial charge in [0, 0.05) is 12.0 Å². The molecule has 3 N–H and O–H groups in total. The molecule has 11 nitrogen and oxygen atoms in total. The Kier molecular flexibility index (Phi) is 6.24. The van der Waals surface area contributed by atoms with Crippen molar-refractivity contribution in [2.75, 3.05) is 12.1 Å². The van der Waals surface area contributed by atoms with E-state index in [0.717, 1.165) is 0 Å². The van der Waals surface area contributed by atoms with Crippen molar-refractivity contribution in [3.63, 3.8) is 0 Å². The van der Waals surface area contributed by atoms with Crippen molar-refractivity contribution in [2.24, 2.45) is 0 Å². The van der Waals surface area contributed by atoms with Crippen LogP contribution in [0.2, 0.25) is 0 Å². The molecule has 2 aliphatic rings. The predicted octanol–water partition coefficient (Wildman–Crippen LogP) is 2.15. The lowest BCUT2D eigenvalue weighted by Crippen LogP contribution is -2.63. The molecular formula is C22H32N4O7. The minimum Gasteiger partial charge on any atom is -0.468 e. The molecule has 1 fully saturated rings. The lowest BCUT2D eigenvalue weighted by Gasteiger charge is -2.37. The molecule has 0 unspecified atom stereocenters. The Hall–Kier alpha value is -3.05. The number of hydrogen-bond donors (Lipinski definition) is 3. The molecule has 0 bridgehead atoms. The van der Waals surface area contributed by atoms with Crippen LogP contribution in [0.4, 0.5) is 15.3 Å².